The summed E-state index contributed by atoms with van der Waals surface area (Å²) in [6.07, 6.45) is 4.32. The van der Waals surface area contributed by atoms with Crippen LogP contribution in [0.25, 0.3) is 0 Å². The second kappa shape index (κ2) is 10.7. The van der Waals surface area contributed by atoms with Gasteiger partial charge in [0.25, 0.3) is 0 Å². The zero-order chi connectivity index (χ0) is 22.3. The Labute approximate surface area is 190 Å². The van der Waals surface area contributed by atoms with E-state index in [-0.39, 0.29) is 11.8 Å². The number of likely N-dealkylation sites (N-methyl/N-ethyl adjacent to an activating group) is 1. The Balaban J connectivity index is 1.22. The number of benzene rings is 1. The van der Waals surface area contributed by atoms with Gasteiger partial charge in [-0.25, -0.2) is 4.98 Å². The summed E-state index contributed by atoms with van der Waals surface area (Å²) >= 11 is 0. The standard InChI is InChI=1S/C24H34N6O2/c1-28-15-17-29(18-16-28)12-8-19-3-5-21(6-4-19)26-23(31)20-9-13-30(14-10-20)24-25-11-7-22(27-24)32-2/h3-7,11,20H,8-10,12-18H2,1-2H3,(H,26,31). The van der Waals surface area contributed by atoms with Gasteiger partial charge in [0.05, 0.1) is 7.11 Å². The highest BCUT2D eigenvalue weighted by Gasteiger charge is 2.26. The summed E-state index contributed by atoms with van der Waals surface area (Å²) in [5, 5.41) is 3.10. The number of methoxy groups -OCH3 is 1. The first kappa shape index (κ1) is 22.5. The number of hydrogen-bond donors (Lipinski definition) is 1. The van der Waals surface area contributed by atoms with Crippen molar-refractivity contribution in [3.63, 3.8) is 0 Å². The number of piperidine rings is 1. The number of aromatic nitrogens is 2. The van der Waals surface area contributed by atoms with Crippen LogP contribution in [0.2, 0.25) is 0 Å². The first-order valence-electron chi connectivity index (χ1n) is 11.5. The van der Waals surface area contributed by atoms with Gasteiger partial charge in [0.2, 0.25) is 17.7 Å². The van der Waals surface area contributed by atoms with E-state index in [9.17, 15) is 4.79 Å². The molecule has 1 amide bonds. The van der Waals surface area contributed by atoms with Gasteiger partial charge in [0.1, 0.15) is 0 Å². The summed E-state index contributed by atoms with van der Waals surface area (Å²) in [5.41, 5.74) is 2.19. The molecule has 1 aromatic heterocycles. The number of ether oxygens (including phenoxy) is 1. The summed E-state index contributed by atoms with van der Waals surface area (Å²) in [6.45, 7) is 7.20. The van der Waals surface area contributed by atoms with Gasteiger partial charge in [-0.2, -0.15) is 4.98 Å². The molecule has 0 saturated carbocycles. The lowest BCUT2D eigenvalue weighted by molar-refractivity contribution is -0.120. The van der Waals surface area contributed by atoms with E-state index in [1.807, 2.05) is 12.1 Å². The van der Waals surface area contributed by atoms with E-state index in [1.165, 1.54) is 5.56 Å². The fourth-order valence-corrected chi connectivity index (χ4v) is 4.30. The van der Waals surface area contributed by atoms with E-state index in [1.54, 1.807) is 19.4 Å². The Kier molecular flexibility index (Phi) is 7.55. The van der Waals surface area contributed by atoms with E-state index >= 15 is 0 Å². The highest BCUT2D eigenvalue weighted by molar-refractivity contribution is 5.92. The molecule has 0 bridgehead atoms. The molecule has 1 N–H and O–H groups in total. The molecule has 2 aromatic rings. The summed E-state index contributed by atoms with van der Waals surface area (Å²) < 4.78 is 5.18. The number of carbonyl (C=O) groups excluding carboxylic acids is 1. The number of amides is 1. The molecule has 2 saturated heterocycles. The van der Waals surface area contributed by atoms with E-state index in [0.29, 0.717) is 11.8 Å². The lowest BCUT2D eigenvalue weighted by Gasteiger charge is -2.32. The van der Waals surface area contributed by atoms with Crippen LogP contribution in [0.3, 0.4) is 0 Å². The van der Waals surface area contributed by atoms with Gasteiger partial charge < -0.3 is 24.8 Å². The monoisotopic (exact) mass is 438 g/mol. The predicted molar refractivity (Wildman–Crippen MR) is 126 cm³/mol. The zero-order valence-electron chi connectivity index (χ0n) is 19.2. The van der Waals surface area contributed by atoms with E-state index in [0.717, 1.165) is 70.8 Å². The third kappa shape index (κ3) is 5.95. The second-order valence-electron chi connectivity index (χ2n) is 8.74. The van der Waals surface area contributed by atoms with Crippen molar-refractivity contribution < 1.29 is 9.53 Å². The molecule has 0 aliphatic carbocycles. The SMILES string of the molecule is COc1ccnc(N2CCC(C(=O)Nc3ccc(CCN4CCN(C)CC4)cc3)CC2)n1. The van der Waals surface area contributed by atoms with Gasteiger partial charge in [0.15, 0.2) is 0 Å². The molecule has 4 rings (SSSR count). The molecule has 0 spiro atoms. The molecule has 1 aromatic carbocycles. The largest absolute Gasteiger partial charge is 0.481 e. The molecule has 172 valence electrons. The van der Waals surface area contributed by atoms with E-state index in [4.69, 9.17) is 4.74 Å². The normalized spacial score (nSPS) is 18.5. The van der Waals surface area contributed by atoms with Crippen LogP contribution in [0.1, 0.15) is 18.4 Å². The minimum absolute atomic E-state index is 0.00812. The fraction of sp³-hybridized carbons (Fsp3) is 0.542. The molecule has 3 heterocycles. The van der Waals surface area contributed by atoms with Gasteiger partial charge in [-0.05, 0) is 44.0 Å². The summed E-state index contributed by atoms with van der Waals surface area (Å²) in [7, 11) is 3.78. The van der Waals surface area contributed by atoms with Gasteiger partial charge in [-0.15, -0.1) is 0 Å². The average molecular weight is 439 g/mol. The molecule has 0 radical (unpaired) electrons. The highest BCUT2D eigenvalue weighted by atomic mass is 16.5. The third-order valence-corrected chi connectivity index (χ3v) is 6.51. The third-order valence-electron chi connectivity index (χ3n) is 6.51. The molecule has 0 unspecified atom stereocenters. The number of hydrogen-bond acceptors (Lipinski definition) is 7. The van der Waals surface area contributed by atoms with Crippen molar-refractivity contribution in [2.45, 2.75) is 19.3 Å². The molecule has 2 aliphatic heterocycles. The quantitative estimate of drug-likeness (QED) is 0.710. The van der Waals surface area contributed by atoms with Crippen molar-refractivity contribution in [3.05, 3.63) is 42.1 Å². The number of rotatable bonds is 7. The van der Waals surface area contributed by atoms with Gasteiger partial charge in [-0.3, -0.25) is 4.79 Å². The Bertz CT molecular complexity index is 874. The van der Waals surface area contributed by atoms with Crippen LogP contribution in [-0.2, 0) is 11.2 Å². The van der Waals surface area contributed by atoms with Crippen molar-refractivity contribution in [2.75, 3.05) is 70.2 Å². The minimum atomic E-state index is 0.00812. The molecule has 8 heteroatoms. The molecular formula is C24H34N6O2. The van der Waals surface area contributed by atoms with Crippen LogP contribution in [0.5, 0.6) is 5.88 Å². The lowest BCUT2D eigenvalue weighted by Crippen LogP contribution is -2.45. The van der Waals surface area contributed by atoms with Crippen LogP contribution in [0.4, 0.5) is 11.6 Å². The van der Waals surface area contributed by atoms with E-state index in [2.05, 4.69) is 49.2 Å². The van der Waals surface area contributed by atoms with Crippen molar-refractivity contribution in [3.8, 4) is 5.88 Å². The predicted octanol–water partition coefficient (Wildman–Crippen LogP) is 2.13. The van der Waals surface area contributed by atoms with Gasteiger partial charge in [-0.1, -0.05) is 12.1 Å². The molecule has 8 nitrogen and oxygen atoms in total. The van der Waals surface area contributed by atoms with Crippen molar-refractivity contribution >= 4 is 17.5 Å². The molecule has 0 atom stereocenters. The fourth-order valence-electron chi connectivity index (χ4n) is 4.30. The summed E-state index contributed by atoms with van der Waals surface area (Å²) in [4.78, 5) is 28.5. The van der Waals surface area contributed by atoms with Crippen LogP contribution < -0.4 is 15.0 Å². The molecule has 2 aliphatic rings. The highest BCUT2D eigenvalue weighted by Crippen LogP contribution is 2.23. The van der Waals surface area contributed by atoms with Crippen LogP contribution in [-0.4, -0.2) is 85.6 Å². The van der Waals surface area contributed by atoms with Crippen LogP contribution in [0, 0.1) is 5.92 Å². The molecule has 2 fully saturated rings. The summed E-state index contributed by atoms with van der Waals surface area (Å²) in [5.74, 6) is 1.33. The number of nitrogens with zero attached hydrogens (tertiary/aromatic N) is 5. The maximum Gasteiger partial charge on any atom is 0.228 e. The first-order valence-corrected chi connectivity index (χ1v) is 11.5. The smallest absolute Gasteiger partial charge is 0.228 e. The van der Waals surface area contributed by atoms with Crippen molar-refractivity contribution in [1.29, 1.82) is 0 Å². The maximum atomic E-state index is 12.8. The number of nitrogens with one attached hydrogen (secondary N) is 1. The Morgan fingerprint density at radius 3 is 2.47 bits per heavy atom. The van der Waals surface area contributed by atoms with Crippen LogP contribution in [0.15, 0.2) is 36.5 Å². The first-order chi connectivity index (χ1) is 15.6. The molecule has 32 heavy (non-hydrogen) atoms. The van der Waals surface area contributed by atoms with Crippen LogP contribution >= 0.6 is 0 Å². The molecular weight excluding hydrogens is 404 g/mol. The maximum absolute atomic E-state index is 12.8. The van der Waals surface area contributed by atoms with Crippen molar-refractivity contribution in [1.82, 2.24) is 19.8 Å². The Hall–Kier alpha value is -2.71. The Morgan fingerprint density at radius 1 is 1.06 bits per heavy atom. The van der Waals surface area contributed by atoms with Gasteiger partial charge >= 0.3 is 0 Å². The number of anilines is 2. The average Bonchev–Trinajstić information content (AvgIpc) is 2.84. The Morgan fingerprint density at radius 2 is 1.78 bits per heavy atom. The topological polar surface area (TPSA) is 73.8 Å². The second-order valence-corrected chi connectivity index (χ2v) is 8.74. The van der Waals surface area contributed by atoms with Gasteiger partial charge in [0, 0.05) is 69.7 Å². The number of carbonyl (C=O) groups is 1. The zero-order valence-corrected chi connectivity index (χ0v) is 19.2. The lowest BCUT2D eigenvalue weighted by atomic mass is 9.96. The summed E-state index contributed by atoms with van der Waals surface area (Å²) in [6, 6.07) is 10.1. The van der Waals surface area contributed by atoms with E-state index < -0.39 is 0 Å². The minimum Gasteiger partial charge on any atom is -0.481 e. The number of piperazine rings is 1. The van der Waals surface area contributed by atoms with Crippen molar-refractivity contribution in [2.24, 2.45) is 5.92 Å².